The number of benzene rings is 1. The van der Waals surface area contributed by atoms with Gasteiger partial charge in [0, 0.05) is 19.6 Å². The van der Waals surface area contributed by atoms with Crippen molar-refractivity contribution in [1.82, 2.24) is 0 Å². The van der Waals surface area contributed by atoms with E-state index in [9.17, 15) is 0 Å². The van der Waals surface area contributed by atoms with Gasteiger partial charge in [-0.1, -0.05) is 70.5 Å². The molecule has 3 heteroatoms. The molecule has 0 aliphatic rings. The Morgan fingerprint density at radius 1 is 1.19 bits per heavy atom. The van der Waals surface area contributed by atoms with Gasteiger partial charge >= 0.3 is 8.56 Å². The summed E-state index contributed by atoms with van der Waals surface area (Å²) in [6.45, 7) is 11.3. The maximum absolute atomic E-state index is 6.36. The third-order valence-electron chi connectivity index (χ3n) is 3.98. The fourth-order valence-electron chi connectivity index (χ4n) is 2.81. The van der Waals surface area contributed by atoms with Gasteiger partial charge in [0.15, 0.2) is 0 Å². The lowest BCUT2D eigenvalue weighted by Crippen LogP contribution is -2.41. The van der Waals surface area contributed by atoms with Gasteiger partial charge in [0.25, 0.3) is 0 Å². The zero-order valence-electron chi connectivity index (χ0n) is 14.0. The van der Waals surface area contributed by atoms with Crippen LogP contribution >= 0.6 is 0 Å². The van der Waals surface area contributed by atoms with Crippen molar-refractivity contribution in [3.05, 3.63) is 42.0 Å². The number of hydrogen-bond donors (Lipinski definition) is 0. The summed E-state index contributed by atoms with van der Waals surface area (Å²) in [6.07, 6.45) is 4.17. The highest BCUT2D eigenvalue weighted by molar-refractivity contribution is 6.67. The predicted octanol–water partition coefficient (Wildman–Crippen LogP) is 5.36. The van der Waals surface area contributed by atoms with Gasteiger partial charge in [-0.15, -0.1) is 0 Å². The highest BCUT2D eigenvalue weighted by Gasteiger charge is 2.35. The quantitative estimate of drug-likeness (QED) is 0.542. The second kappa shape index (κ2) is 9.18. The summed E-state index contributed by atoms with van der Waals surface area (Å²) in [5.41, 5.74) is 2.50. The molecular weight excluding hydrogens is 276 g/mol. The predicted molar refractivity (Wildman–Crippen MR) is 93.9 cm³/mol. The lowest BCUT2D eigenvalue weighted by molar-refractivity contribution is 0.187. The van der Waals surface area contributed by atoms with Gasteiger partial charge in [0.05, 0.1) is 0 Å². The molecule has 1 aromatic carbocycles. The molecule has 118 valence electrons. The van der Waals surface area contributed by atoms with Crippen LogP contribution in [0.1, 0.15) is 50.7 Å². The summed E-state index contributed by atoms with van der Waals surface area (Å²) in [4.78, 5) is 0. The first-order chi connectivity index (χ1) is 10.1. The molecule has 0 bridgehead atoms. The molecule has 0 saturated heterocycles. The summed E-state index contributed by atoms with van der Waals surface area (Å²) in [5.74, 6) is 0.356. The molecule has 1 atom stereocenters. The molecular formula is C18H30O2Si. The van der Waals surface area contributed by atoms with Gasteiger partial charge in [0.2, 0.25) is 0 Å². The standard InChI is InChI=1S/C18H30O2Si/c1-6-13-21(19-5,14-7-2)20-15-16(4)18-12-10-9-11-17(18)8-3/h8-12,16H,3,6-7,13-15H2,1-2,4-5H3. The summed E-state index contributed by atoms with van der Waals surface area (Å²) in [6, 6.07) is 10.6. The van der Waals surface area contributed by atoms with Crippen LogP contribution in [-0.4, -0.2) is 22.3 Å². The lowest BCUT2D eigenvalue weighted by Gasteiger charge is -2.30. The van der Waals surface area contributed by atoms with Crippen molar-refractivity contribution in [1.29, 1.82) is 0 Å². The first-order valence-corrected chi connectivity index (χ1v) is 10.3. The van der Waals surface area contributed by atoms with E-state index >= 15 is 0 Å². The second-order valence-corrected chi connectivity index (χ2v) is 9.18. The Bertz CT molecular complexity index is 425. The molecule has 1 unspecified atom stereocenters. The van der Waals surface area contributed by atoms with Crippen molar-refractivity contribution >= 4 is 14.6 Å². The van der Waals surface area contributed by atoms with Crippen LogP contribution in [0.2, 0.25) is 12.1 Å². The zero-order chi connectivity index (χ0) is 15.7. The van der Waals surface area contributed by atoms with Crippen LogP contribution in [0.15, 0.2) is 30.8 Å². The molecule has 2 nitrogen and oxygen atoms in total. The van der Waals surface area contributed by atoms with Crippen molar-refractivity contribution in [3.63, 3.8) is 0 Å². The maximum atomic E-state index is 6.36. The molecule has 0 radical (unpaired) electrons. The van der Waals surface area contributed by atoms with Gasteiger partial charge in [0.1, 0.15) is 0 Å². The first-order valence-electron chi connectivity index (χ1n) is 8.03. The Morgan fingerprint density at radius 2 is 1.81 bits per heavy atom. The van der Waals surface area contributed by atoms with Crippen molar-refractivity contribution in [2.45, 2.75) is 51.6 Å². The molecule has 0 aliphatic heterocycles. The molecule has 21 heavy (non-hydrogen) atoms. The van der Waals surface area contributed by atoms with Crippen LogP contribution in [0.5, 0.6) is 0 Å². The van der Waals surface area contributed by atoms with Gasteiger partial charge in [-0.2, -0.15) is 0 Å². The third kappa shape index (κ3) is 5.10. The van der Waals surface area contributed by atoms with E-state index in [1.807, 2.05) is 13.2 Å². The molecule has 1 aromatic rings. The van der Waals surface area contributed by atoms with Gasteiger partial charge in [-0.05, 0) is 23.2 Å². The summed E-state index contributed by atoms with van der Waals surface area (Å²) >= 11 is 0. The van der Waals surface area contributed by atoms with E-state index in [1.165, 1.54) is 11.1 Å². The molecule has 0 saturated carbocycles. The smallest absolute Gasteiger partial charge is 0.337 e. The monoisotopic (exact) mass is 306 g/mol. The Balaban J connectivity index is 2.76. The van der Waals surface area contributed by atoms with E-state index in [2.05, 4.69) is 51.6 Å². The fraction of sp³-hybridized carbons (Fsp3) is 0.556. The maximum Gasteiger partial charge on any atom is 0.337 e. The Morgan fingerprint density at radius 3 is 2.33 bits per heavy atom. The van der Waals surface area contributed by atoms with Crippen molar-refractivity contribution < 1.29 is 8.85 Å². The Hall–Kier alpha value is -0.903. The van der Waals surface area contributed by atoms with Crippen LogP contribution in [0.25, 0.3) is 6.08 Å². The van der Waals surface area contributed by atoms with Crippen LogP contribution in [-0.2, 0) is 8.85 Å². The highest BCUT2D eigenvalue weighted by Crippen LogP contribution is 2.26. The second-order valence-electron chi connectivity index (χ2n) is 5.66. The van der Waals surface area contributed by atoms with Crippen LogP contribution in [0, 0.1) is 0 Å². The zero-order valence-corrected chi connectivity index (χ0v) is 15.0. The van der Waals surface area contributed by atoms with Crippen molar-refractivity contribution in [3.8, 4) is 0 Å². The van der Waals surface area contributed by atoms with Crippen molar-refractivity contribution in [2.24, 2.45) is 0 Å². The topological polar surface area (TPSA) is 18.5 Å². The average molecular weight is 307 g/mol. The average Bonchev–Trinajstić information content (AvgIpc) is 2.52. The molecule has 0 heterocycles. The van der Waals surface area contributed by atoms with E-state index in [0.717, 1.165) is 31.5 Å². The number of hydrogen-bond acceptors (Lipinski definition) is 2. The highest BCUT2D eigenvalue weighted by atomic mass is 28.4. The van der Waals surface area contributed by atoms with E-state index in [1.54, 1.807) is 0 Å². The van der Waals surface area contributed by atoms with E-state index in [0.29, 0.717) is 5.92 Å². The molecule has 0 aromatic heterocycles. The van der Waals surface area contributed by atoms with Gasteiger partial charge in [-0.3, -0.25) is 0 Å². The minimum absolute atomic E-state index is 0.356. The molecule has 0 N–H and O–H groups in total. The molecule has 0 amide bonds. The van der Waals surface area contributed by atoms with E-state index in [4.69, 9.17) is 8.85 Å². The van der Waals surface area contributed by atoms with Crippen LogP contribution in [0.4, 0.5) is 0 Å². The third-order valence-corrected chi connectivity index (χ3v) is 7.94. The molecule has 0 fully saturated rings. The molecule has 0 aliphatic carbocycles. The summed E-state index contributed by atoms with van der Waals surface area (Å²) in [7, 11) is -0.199. The van der Waals surface area contributed by atoms with Crippen LogP contribution < -0.4 is 0 Å². The summed E-state index contributed by atoms with van der Waals surface area (Å²) < 4.78 is 12.2. The van der Waals surface area contributed by atoms with Crippen molar-refractivity contribution in [2.75, 3.05) is 13.7 Å². The lowest BCUT2D eigenvalue weighted by atomic mass is 9.96. The van der Waals surface area contributed by atoms with Gasteiger partial charge in [-0.25, -0.2) is 0 Å². The fourth-order valence-corrected chi connectivity index (χ4v) is 5.95. The van der Waals surface area contributed by atoms with Gasteiger partial charge < -0.3 is 8.85 Å². The SMILES string of the molecule is C=Cc1ccccc1C(C)CO[Si](CCC)(CCC)OC. The number of rotatable bonds is 10. The Kier molecular flexibility index (Phi) is 7.94. The molecule has 1 rings (SSSR count). The summed E-state index contributed by atoms with van der Waals surface area (Å²) in [5, 5.41) is 0. The van der Waals surface area contributed by atoms with E-state index in [-0.39, 0.29) is 0 Å². The normalized spacial score (nSPS) is 13.1. The van der Waals surface area contributed by atoms with E-state index < -0.39 is 8.56 Å². The Labute approximate surface area is 131 Å². The van der Waals surface area contributed by atoms with Crippen LogP contribution in [0.3, 0.4) is 0 Å². The largest absolute Gasteiger partial charge is 0.398 e. The molecule has 0 spiro atoms. The minimum Gasteiger partial charge on any atom is -0.398 e. The first kappa shape index (κ1) is 18.1. The minimum atomic E-state index is -2.02.